The van der Waals surface area contributed by atoms with Gasteiger partial charge in [0.25, 0.3) is 0 Å². The summed E-state index contributed by atoms with van der Waals surface area (Å²) in [7, 11) is -2.77. The average molecular weight is 343 g/mol. The number of hydrogen-bond acceptors (Lipinski definition) is 6. The van der Waals surface area contributed by atoms with Crippen LogP contribution in [0.2, 0.25) is 5.02 Å². The molecule has 0 radical (unpaired) electrons. The summed E-state index contributed by atoms with van der Waals surface area (Å²) in [4.78, 5) is 13.9. The van der Waals surface area contributed by atoms with Gasteiger partial charge in [0, 0.05) is 17.2 Å². The number of halogens is 1. The fraction of sp³-hybridized carbons (Fsp3) is 0.154. The lowest BCUT2D eigenvalue weighted by molar-refractivity contribution is -0.388. The van der Waals surface area contributed by atoms with Crippen LogP contribution in [0.1, 0.15) is 5.56 Å². The minimum atomic E-state index is -4.06. The van der Waals surface area contributed by atoms with E-state index in [1.165, 1.54) is 19.2 Å². The second-order valence-corrected chi connectivity index (χ2v) is 6.60. The van der Waals surface area contributed by atoms with Crippen LogP contribution in [-0.2, 0) is 15.6 Å². The largest absolute Gasteiger partial charge is 0.481 e. The molecule has 7 nitrogen and oxygen atoms in total. The van der Waals surface area contributed by atoms with Gasteiger partial charge in [0.05, 0.1) is 17.8 Å². The number of sulfone groups is 1. The number of pyridine rings is 1. The van der Waals surface area contributed by atoms with Gasteiger partial charge in [-0.15, -0.1) is 0 Å². The molecule has 0 atom stereocenters. The lowest BCUT2D eigenvalue weighted by Crippen LogP contribution is -2.11. The SMILES string of the molecule is COc1ccc([N+](=O)[O-])c(S(=O)(=O)Cc2ccccc2Cl)n1. The summed E-state index contributed by atoms with van der Waals surface area (Å²) in [6, 6.07) is 8.64. The van der Waals surface area contributed by atoms with Gasteiger partial charge in [-0.2, -0.15) is 4.98 Å². The molecule has 0 aliphatic heterocycles. The van der Waals surface area contributed by atoms with E-state index >= 15 is 0 Å². The maximum Gasteiger partial charge on any atom is 0.306 e. The van der Waals surface area contributed by atoms with Crippen molar-refractivity contribution in [2.24, 2.45) is 0 Å². The average Bonchev–Trinajstić information content (AvgIpc) is 2.48. The Morgan fingerprint density at radius 1 is 1.27 bits per heavy atom. The molecular formula is C13H11ClN2O5S. The number of nitro groups is 1. The van der Waals surface area contributed by atoms with Crippen molar-refractivity contribution in [1.29, 1.82) is 0 Å². The number of hydrogen-bond donors (Lipinski definition) is 0. The molecule has 0 bridgehead atoms. The Morgan fingerprint density at radius 3 is 2.55 bits per heavy atom. The van der Waals surface area contributed by atoms with E-state index in [-0.39, 0.29) is 10.9 Å². The number of methoxy groups -OCH3 is 1. The molecule has 1 aromatic carbocycles. The summed E-state index contributed by atoms with van der Waals surface area (Å²) in [5.41, 5.74) is -0.268. The Hall–Kier alpha value is -2.19. The Labute approximate surface area is 131 Å². The zero-order valence-corrected chi connectivity index (χ0v) is 13.0. The van der Waals surface area contributed by atoms with Gasteiger partial charge in [0.2, 0.25) is 20.7 Å². The van der Waals surface area contributed by atoms with Gasteiger partial charge in [0.1, 0.15) is 0 Å². The molecule has 116 valence electrons. The van der Waals surface area contributed by atoms with E-state index < -0.39 is 31.2 Å². The standard InChI is InChI=1S/C13H11ClN2O5S/c1-21-12-7-6-11(16(17)18)13(15-12)22(19,20)8-9-4-2-3-5-10(9)14/h2-7H,8H2,1H3. The van der Waals surface area contributed by atoms with Crippen LogP contribution in [0, 0.1) is 10.1 Å². The van der Waals surface area contributed by atoms with Gasteiger partial charge in [-0.1, -0.05) is 29.8 Å². The number of nitrogens with zero attached hydrogens (tertiary/aromatic N) is 2. The summed E-state index contributed by atoms with van der Waals surface area (Å²) in [6.45, 7) is 0. The molecule has 9 heteroatoms. The van der Waals surface area contributed by atoms with Crippen molar-refractivity contribution < 1.29 is 18.1 Å². The Bertz CT molecular complexity index is 823. The Morgan fingerprint density at radius 2 is 1.95 bits per heavy atom. The fourth-order valence-corrected chi connectivity index (χ4v) is 3.56. The van der Waals surface area contributed by atoms with Crippen LogP contribution in [0.25, 0.3) is 0 Å². The predicted molar refractivity (Wildman–Crippen MR) is 79.8 cm³/mol. The zero-order chi connectivity index (χ0) is 16.3. The van der Waals surface area contributed by atoms with Gasteiger partial charge in [-0.3, -0.25) is 10.1 Å². The van der Waals surface area contributed by atoms with E-state index in [0.29, 0.717) is 5.56 Å². The molecule has 22 heavy (non-hydrogen) atoms. The lowest BCUT2D eigenvalue weighted by atomic mass is 10.2. The van der Waals surface area contributed by atoms with Crippen LogP contribution in [0.5, 0.6) is 5.88 Å². The first-order valence-corrected chi connectivity index (χ1v) is 8.04. The van der Waals surface area contributed by atoms with Crippen LogP contribution in [0.3, 0.4) is 0 Å². The van der Waals surface area contributed by atoms with Crippen LogP contribution in [0.4, 0.5) is 5.69 Å². The molecule has 0 saturated heterocycles. The molecule has 0 fully saturated rings. The highest BCUT2D eigenvalue weighted by Gasteiger charge is 2.29. The lowest BCUT2D eigenvalue weighted by Gasteiger charge is -2.07. The first-order valence-electron chi connectivity index (χ1n) is 6.01. The van der Waals surface area contributed by atoms with Crippen LogP contribution in [0.15, 0.2) is 41.4 Å². The van der Waals surface area contributed by atoms with Crippen molar-refractivity contribution in [3.05, 3.63) is 57.1 Å². The summed E-state index contributed by atoms with van der Waals surface area (Å²) >= 11 is 5.94. The predicted octanol–water partition coefficient (Wildman–Crippen LogP) is 2.63. The molecule has 0 spiro atoms. The van der Waals surface area contributed by atoms with Crippen LogP contribution in [-0.4, -0.2) is 25.4 Å². The maximum absolute atomic E-state index is 12.5. The highest BCUT2D eigenvalue weighted by molar-refractivity contribution is 7.90. The van der Waals surface area contributed by atoms with E-state index in [9.17, 15) is 18.5 Å². The van der Waals surface area contributed by atoms with E-state index in [4.69, 9.17) is 16.3 Å². The van der Waals surface area contributed by atoms with Gasteiger partial charge in [-0.05, 0) is 11.6 Å². The number of aromatic nitrogens is 1. The second kappa shape index (κ2) is 6.29. The highest BCUT2D eigenvalue weighted by Crippen LogP contribution is 2.28. The third-order valence-corrected chi connectivity index (χ3v) is 4.77. The number of rotatable bonds is 5. The third kappa shape index (κ3) is 3.34. The van der Waals surface area contributed by atoms with Gasteiger partial charge >= 0.3 is 5.69 Å². The van der Waals surface area contributed by atoms with Crippen molar-refractivity contribution in [3.63, 3.8) is 0 Å². The van der Waals surface area contributed by atoms with Gasteiger partial charge in [0.15, 0.2) is 0 Å². The minimum absolute atomic E-state index is 0.0247. The van der Waals surface area contributed by atoms with Crippen molar-refractivity contribution in [3.8, 4) is 5.88 Å². The third-order valence-electron chi connectivity index (χ3n) is 2.82. The van der Waals surface area contributed by atoms with Crippen molar-refractivity contribution in [2.75, 3.05) is 7.11 Å². The summed E-state index contributed by atoms with van der Waals surface area (Å²) in [6.07, 6.45) is 0. The fourth-order valence-electron chi connectivity index (χ4n) is 1.79. The van der Waals surface area contributed by atoms with E-state index in [0.717, 1.165) is 6.07 Å². The van der Waals surface area contributed by atoms with Crippen LogP contribution < -0.4 is 4.74 Å². The normalized spacial score (nSPS) is 11.2. The van der Waals surface area contributed by atoms with Crippen molar-refractivity contribution >= 4 is 27.1 Å². The van der Waals surface area contributed by atoms with Crippen molar-refractivity contribution in [1.82, 2.24) is 4.98 Å². The molecule has 0 amide bonds. The topological polar surface area (TPSA) is 99.4 Å². The first-order chi connectivity index (χ1) is 10.3. The summed E-state index contributed by atoms with van der Waals surface area (Å²) in [5.74, 6) is -0.517. The number of benzene rings is 1. The molecular weight excluding hydrogens is 332 g/mol. The molecule has 2 rings (SSSR count). The maximum atomic E-state index is 12.5. The zero-order valence-electron chi connectivity index (χ0n) is 11.4. The molecule has 0 aliphatic carbocycles. The molecule has 2 aromatic rings. The van der Waals surface area contributed by atoms with Gasteiger partial charge < -0.3 is 4.74 Å². The monoisotopic (exact) mass is 342 g/mol. The number of ether oxygens (including phenoxy) is 1. The van der Waals surface area contributed by atoms with E-state index in [2.05, 4.69) is 4.98 Å². The molecule has 0 N–H and O–H groups in total. The summed E-state index contributed by atoms with van der Waals surface area (Å²) in [5, 5.41) is 10.6. The Kier molecular flexibility index (Phi) is 4.62. The molecule has 0 saturated carbocycles. The molecule has 0 aliphatic rings. The van der Waals surface area contributed by atoms with Crippen molar-refractivity contribution in [2.45, 2.75) is 10.8 Å². The molecule has 0 unspecified atom stereocenters. The highest BCUT2D eigenvalue weighted by atomic mass is 35.5. The molecule has 1 aromatic heterocycles. The van der Waals surface area contributed by atoms with E-state index in [1.54, 1.807) is 18.2 Å². The Balaban J connectivity index is 2.53. The van der Waals surface area contributed by atoms with Crippen LogP contribution >= 0.6 is 11.6 Å². The van der Waals surface area contributed by atoms with E-state index in [1.807, 2.05) is 0 Å². The minimum Gasteiger partial charge on any atom is -0.481 e. The first kappa shape index (κ1) is 16.2. The second-order valence-electron chi connectivity index (χ2n) is 4.29. The molecule has 1 heterocycles. The smallest absolute Gasteiger partial charge is 0.306 e. The summed E-state index contributed by atoms with van der Waals surface area (Å²) < 4.78 is 29.8. The quantitative estimate of drug-likeness (QED) is 0.611. The van der Waals surface area contributed by atoms with Gasteiger partial charge in [-0.25, -0.2) is 8.42 Å².